The Bertz CT molecular complexity index is 377. The molecule has 0 aromatic carbocycles. The van der Waals surface area contributed by atoms with Gasteiger partial charge in [-0.15, -0.1) is 23.2 Å². The molecule has 0 aliphatic heterocycles. The van der Waals surface area contributed by atoms with Crippen LogP contribution in [0.25, 0.3) is 0 Å². The van der Waals surface area contributed by atoms with Crippen LogP contribution in [-0.4, -0.2) is 52.6 Å². The molecule has 0 aromatic rings. The van der Waals surface area contributed by atoms with Crippen LogP contribution in [0.3, 0.4) is 0 Å². The standard InChI is InChI=1S/C3H6ClNO3S.C2H2Cl2O.CH4O2S.H3N.H2/c1-9(7,8)5-3(6)2-4;3-1-2(4)5;1-4(2)3;;/h2H2,1H3,(H,5,6);1H2;1H3,(H,2,3);1H3;1H/p-1. The third-order valence-electron chi connectivity index (χ3n) is 0.526. The molecular formula is C6H16Cl3N2O6S2-. The van der Waals surface area contributed by atoms with Crippen molar-refractivity contribution in [1.82, 2.24) is 10.9 Å². The van der Waals surface area contributed by atoms with Crippen molar-refractivity contribution < 1.29 is 28.2 Å². The molecule has 0 saturated heterocycles. The van der Waals surface area contributed by atoms with Gasteiger partial charge >= 0.3 is 0 Å². The fraction of sp³-hybridized carbons (Fsp3) is 0.667. The smallest absolute Gasteiger partial charge is 0.248 e. The van der Waals surface area contributed by atoms with Gasteiger partial charge in [0.05, 0.1) is 12.1 Å². The van der Waals surface area contributed by atoms with Crippen molar-refractivity contribution in [2.24, 2.45) is 0 Å². The van der Waals surface area contributed by atoms with E-state index in [0.29, 0.717) is 0 Å². The summed E-state index contributed by atoms with van der Waals surface area (Å²) in [7, 11) is -3.42. The highest BCUT2D eigenvalue weighted by Gasteiger charge is 2.04. The SMILES string of the molecule is CS(=O)(=O)NC(=O)CCl.CS(=O)[O-].N.O=C(Cl)CCl.[HH]. The molecule has 0 saturated carbocycles. The molecule has 4 N–H and O–H groups in total. The van der Waals surface area contributed by atoms with Crippen LogP contribution in [0.4, 0.5) is 0 Å². The Labute approximate surface area is 130 Å². The van der Waals surface area contributed by atoms with Gasteiger partial charge in [-0.05, 0) is 17.9 Å². The quantitative estimate of drug-likeness (QED) is 0.401. The average Bonchev–Trinajstić information content (AvgIpc) is 2.15. The molecule has 1 amide bonds. The van der Waals surface area contributed by atoms with E-state index < -0.39 is 32.3 Å². The lowest BCUT2D eigenvalue weighted by atomic mass is 10.8. The topological polar surface area (TPSA) is 155 Å². The second kappa shape index (κ2) is 16.1. The van der Waals surface area contributed by atoms with Crippen LogP contribution < -0.4 is 10.9 Å². The molecule has 0 aliphatic rings. The molecule has 0 rings (SSSR count). The molecule has 13 heteroatoms. The summed E-state index contributed by atoms with van der Waals surface area (Å²) < 4.78 is 40.1. The number of hydrogen-bond acceptors (Lipinski definition) is 7. The second-order valence-corrected chi connectivity index (χ2v) is 5.83. The Morgan fingerprint density at radius 1 is 1.32 bits per heavy atom. The summed E-state index contributed by atoms with van der Waals surface area (Å²) in [6.07, 6.45) is 1.97. The summed E-state index contributed by atoms with van der Waals surface area (Å²) in [5.74, 6) is -1.14. The summed E-state index contributed by atoms with van der Waals surface area (Å²) in [5.41, 5.74) is 0. The maximum absolute atomic E-state index is 10.2. The number of nitrogens with one attached hydrogen (secondary N) is 1. The van der Waals surface area contributed by atoms with Gasteiger partial charge in [0, 0.05) is 1.43 Å². The predicted octanol–water partition coefficient (Wildman–Crippen LogP) is 0.195. The van der Waals surface area contributed by atoms with Crippen LogP contribution in [0.2, 0.25) is 0 Å². The third kappa shape index (κ3) is 56.8. The fourth-order valence-electron chi connectivity index (χ4n) is 0.234. The molecule has 0 aliphatic carbocycles. The van der Waals surface area contributed by atoms with Gasteiger partial charge in [-0.2, -0.15) is 0 Å². The number of hydrogen-bond donors (Lipinski definition) is 2. The average molecular weight is 383 g/mol. The molecule has 19 heavy (non-hydrogen) atoms. The van der Waals surface area contributed by atoms with Gasteiger partial charge in [-0.1, -0.05) is 11.1 Å². The van der Waals surface area contributed by atoms with Crippen LogP contribution in [0, 0.1) is 0 Å². The second-order valence-electron chi connectivity index (χ2n) is 2.32. The molecular weight excluding hydrogens is 367 g/mol. The zero-order chi connectivity index (χ0) is 15.4. The highest BCUT2D eigenvalue weighted by molar-refractivity contribution is 7.89. The molecule has 0 spiro atoms. The van der Waals surface area contributed by atoms with E-state index in [1.165, 1.54) is 0 Å². The summed E-state index contributed by atoms with van der Waals surface area (Å²) in [6, 6.07) is 0. The van der Waals surface area contributed by atoms with E-state index in [9.17, 15) is 18.0 Å². The molecule has 0 heterocycles. The zero-order valence-corrected chi connectivity index (χ0v) is 13.9. The maximum atomic E-state index is 10.2. The number of carbonyl (C=O) groups is 2. The predicted molar refractivity (Wildman–Crippen MR) is 77.3 cm³/mol. The van der Waals surface area contributed by atoms with E-state index in [2.05, 4.69) is 0 Å². The molecule has 8 nitrogen and oxygen atoms in total. The largest absolute Gasteiger partial charge is 0.773 e. The lowest BCUT2D eigenvalue weighted by Crippen LogP contribution is -2.30. The monoisotopic (exact) mass is 381 g/mol. The van der Waals surface area contributed by atoms with E-state index >= 15 is 0 Å². The van der Waals surface area contributed by atoms with Gasteiger partial charge in [0.1, 0.15) is 5.88 Å². The van der Waals surface area contributed by atoms with E-state index in [-0.39, 0.29) is 19.3 Å². The number of halogens is 3. The first-order valence-electron chi connectivity index (χ1n) is 3.78. The van der Waals surface area contributed by atoms with Gasteiger partial charge in [0.2, 0.25) is 21.2 Å². The molecule has 120 valence electrons. The number of amides is 1. The molecule has 1 atom stereocenters. The lowest BCUT2D eigenvalue weighted by molar-refractivity contribution is -0.117. The van der Waals surface area contributed by atoms with E-state index in [0.717, 1.165) is 12.5 Å². The normalized spacial score (nSPS) is 10.4. The van der Waals surface area contributed by atoms with Crippen molar-refractivity contribution in [3.05, 3.63) is 0 Å². The van der Waals surface area contributed by atoms with Crippen LogP contribution in [0.15, 0.2) is 0 Å². The molecule has 0 bridgehead atoms. The van der Waals surface area contributed by atoms with Crippen LogP contribution in [-0.2, 0) is 30.7 Å². The fourth-order valence-corrected chi connectivity index (χ4v) is 0.866. The Balaban J connectivity index is -0.0000000591. The summed E-state index contributed by atoms with van der Waals surface area (Å²) in [5, 5.41) is -0.508. The maximum Gasteiger partial charge on any atom is 0.248 e. The third-order valence-corrected chi connectivity index (χ3v) is 1.88. The lowest BCUT2D eigenvalue weighted by Gasteiger charge is -1.95. The molecule has 0 aromatic heterocycles. The van der Waals surface area contributed by atoms with E-state index in [4.69, 9.17) is 43.6 Å². The minimum absolute atomic E-state index is 0. The number of rotatable bonds is 3. The number of carbonyl (C=O) groups excluding carboxylic acids is 2. The van der Waals surface area contributed by atoms with Crippen molar-refractivity contribution >= 4 is 67.1 Å². The molecule has 0 fully saturated rings. The van der Waals surface area contributed by atoms with Gasteiger partial charge in [0.25, 0.3) is 0 Å². The Hall–Kier alpha value is 0.0300. The van der Waals surface area contributed by atoms with Crippen LogP contribution in [0.1, 0.15) is 1.43 Å². The number of sulfonamides is 1. The minimum Gasteiger partial charge on any atom is -0.773 e. The first-order chi connectivity index (χ1) is 7.96. The van der Waals surface area contributed by atoms with Crippen molar-refractivity contribution in [1.29, 1.82) is 0 Å². The van der Waals surface area contributed by atoms with Crippen molar-refractivity contribution in [2.75, 3.05) is 24.3 Å². The van der Waals surface area contributed by atoms with Crippen molar-refractivity contribution in [3.63, 3.8) is 0 Å². The van der Waals surface area contributed by atoms with E-state index in [1.807, 2.05) is 0 Å². The molecule has 0 radical (unpaired) electrons. The Morgan fingerprint density at radius 3 is 1.63 bits per heavy atom. The molecule has 1 unspecified atom stereocenters. The number of alkyl halides is 2. The Kier molecular flexibility index (Phi) is 23.2. The van der Waals surface area contributed by atoms with Gasteiger partial charge in [-0.25, -0.2) is 8.42 Å². The van der Waals surface area contributed by atoms with Crippen molar-refractivity contribution in [2.45, 2.75) is 0 Å². The van der Waals surface area contributed by atoms with E-state index in [1.54, 1.807) is 4.72 Å². The minimum atomic E-state index is -3.42. The Morgan fingerprint density at radius 2 is 1.58 bits per heavy atom. The summed E-state index contributed by atoms with van der Waals surface area (Å²) in [6.45, 7) is 0. The highest BCUT2D eigenvalue weighted by Crippen LogP contribution is 1.80. The van der Waals surface area contributed by atoms with Gasteiger partial charge in [0.15, 0.2) is 0 Å². The van der Waals surface area contributed by atoms with Crippen LogP contribution in [0.5, 0.6) is 0 Å². The first kappa shape index (κ1) is 27.4. The first-order valence-corrected chi connectivity index (χ1v) is 8.60. The van der Waals surface area contributed by atoms with Crippen molar-refractivity contribution in [3.8, 4) is 0 Å². The zero-order valence-electron chi connectivity index (χ0n) is 10.0. The van der Waals surface area contributed by atoms with Gasteiger partial charge < -0.3 is 10.7 Å². The summed E-state index contributed by atoms with van der Waals surface area (Å²) >= 11 is 12.7. The van der Waals surface area contributed by atoms with Crippen LogP contribution >= 0.6 is 34.8 Å². The summed E-state index contributed by atoms with van der Waals surface area (Å²) in [4.78, 5) is 19.7. The van der Waals surface area contributed by atoms with Gasteiger partial charge in [-0.3, -0.25) is 18.5 Å². The highest BCUT2D eigenvalue weighted by atomic mass is 35.5.